The molecule has 36 heavy (non-hydrogen) atoms. The number of rotatable bonds is 7. The molecule has 10 nitrogen and oxygen atoms in total. The molecule has 5 rings (SSSR count). The van der Waals surface area contributed by atoms with Gasteiger partial charge in [0.25, 0.3) is 10.0 Å². The van der Waals surface area contributed by atoms with Gasteiger partial charge in [-0.05, 0) is 48.9 Å². The molecule has 2 aromatic heterocycles. The molecule has 0 atom stereocenters. The number of nitrogens with zero attached hydrogens (tertiary/aromatic N) is 3. The standard InChI is InChI=1S/C25H23N3O7S/c1-4-12-34-18-7-5-6-16(13-18)27-20-14-22-23(35-25(30)26(22)2)15-21(20)28(24(27)29)36(31,32)19-10-8-17(33-3)9-11-19/h5-11,13-15H,4,12H2,1-3H3. The van der Waals surface area contributed by atoms with Crippen molar-refractivity contribution in [2.75, 3.05) is 13.7 Å². The van der Waals surface area contributed by atoms with Gasteiger partial charge in [0.15, 0.2) is 5.58 Å². The van der Waals surface area contributed by atoms with Gasteiger partial charge in [-0.2, -0.15) is 3.97 Å². The second kappa shape index (κ2) is 8.76. The third kappa shape index (κ3) is 3.68. The maximum atomic E-state index is 13.8. The highest BCUT2D eigenvalue weighted by Crippen LogP contribution is 2.28. The van der Waals surface area contributed by atoms with Gasteiger partial charge in [-0.1, -0.05) is 13.0 Å². The van der Waals surface area contributed by atoms with Crippen LogP contribution in [0.4, 0.5) is 0 Å². The van der Waals surface area contributed by atoms with Crippen LogP contribution >= 0.6 is 0 Å². The Hall–Kier alpha value is -4.25. The van der Waals surface area contributed by atoms with E-state index in [1.807, 2.05) is 6.92 Å². The third-order valence-electron chi connectivity index (χ3n) is 5.86. The van der Waals surface area contributed by atoms with E-state index >= 15 is 0 Å². The molecule has 0 fully saturated rings. The van der Waals surface area contributed by atoms with Crippen molar-refractivity contribution >= 4 is 32.2 Å². The molecule has 5 aromatic rings. The fraction of sp³-hybridized carbons (Fsp3) is 0.200. The Morgan fingerprint density at radius 2 is 1.67 bits per heavy atom. The highest BCUT2D eigenvalue weighted by molar-refractivity contribution is 7.90. The summed E-state index contributed by atoms with van der Waals surface area (Å²) in [6.45, 7) is 2.47. The summed E-state index contributed by atoms with van der Waals surface area (Å²) >= 11 is 0. The molecular formula is C25H23N3O7S. The van der Waals surface area contributed by atoms with Gasteiger partial charge in [-0.3, -0.25) is 9.13 Å². The maximum Gasteiger partial charge on any atom is 0.419 e. The molecule has 0 aliphatic rings. The maximum absolute atomic E-state index is 13.8. The van der Waals surface area contributed by atoms with Crippen molar-refractivity contribution in [2.45, 2.75) is 18.2 Å². The van der Waals surface area contributed by atoms with Crippen LogP contribution in [0, 0.1) is 0 Å². The Morgan fingerprint density at radius 3 is 2.36 bits per heavy atom. The van der Waals surface area contributed by atoms with Crippen LogP contribution in [0.15, 0.2) is 79.6 Å². The van der Waals surface area contributed by atoms with E-state index in [-0.39, 0.29) is 21.5 Å². The number of fused-ring (bicyclic) bond motifs is 2. The van der Waals surface area contributed by atoms with E-state index < -0.39 is 21.5 Å². The normalized spacial score (nSPS) is 11.9. The summed E-state index contributed by atoms with van der Waals surface area (Å²) in [6.07, 6.45) is 0.802. The SMILES string of the molecule is CCCOc1cccc(-n2c(=O)n(S(=O)(=O)c3ccc(OC)cc3)c3cc4oc(=O)n(C)c4cc32)c1. The zero-order valence-electron chi connectivity index (χ0n) is 19.8. The van der Waals surface area contributed by atoms with Crippen molar-refractivity contribution in [1.29, 1.82) is 0 Å². The van der Waals surface area contributed by atoms with Gasteiger partial charge < -0.3 is 13.9 Å². The number of imidazole rings is 1. The average Bonchev–Trinajstić information content (AvgIpc) is 3.32. The second-order valence-electron chi connectivity index (χ2n) is 8.14. The number of aromatic nitrogens is 3. The summed E-state index contributed by atoms with van der Waals surface area (Å²) in [6, 6.07) is 15.5. The Labute approximate surface area is 205 Å². The number of aryl methyl sites for hydroxylation is 1. The largest absolute Gasteiger partial charge is 0.497 e. The van der Waals surface area contributed by atoms with E-state index in [9.17, 15) is 18.0 Å². The highest BCUT2D eigenvalue weighted by Gasteiger charge is 2.27. The zero-order chi connectivity index (χ0) is 25.6. The molecule has 0 aliphatic carbocycles. The second-order valence-corrected chi connectivity index (χ2v) is 9.93. The van der Waals surface area contributed by atoms with E-state index in [2.05, 4.69) is 0 Å². The number of hydrogen-bond donors (Lipinski definition) is 0. The molecule has 0 saturated heterocycles. The van der Waals surface area contributed by atoms with Gasteiger partial charge in [-0.25, -0.2) is 18.0 Å². The van der Waals surface area contributed by atoms with E-state index in [1.54, 1.807) is 30.3 Å². The molecule has 0 spiro atoms. The summed E-state index contributed by atoms with van der Waals surface area (Å²) in [4.78, 5) is 25.8. The van der Waals surface area contributed by atoms with Gasteiger partial charge >= 0.3 is 11.4 Å². The molecule has 0 bridgehead atoms. The topological polar surface area (TPSA) is 115 Å². The van der Waals surface area contributed by atoms with Crippen molar-refractivity contribution in [3.8, 4) is 17.2 Å². The Kier molecular flexibility index (Phi) is 5.71. The van der Waals surface area contributed by atoms with E-state index in [1.165, 1.54) is 53.6 Å². The minimum absolute atomic E-state index is 0.0672. The number of ether oxygens (including phenoxy) is 2. The monoisotopic (exact) mass is 509 g/mol. The van der Waals surface area contributed by atoms with Gasteiger partial charge in [0.2, 0.25) is 0 Å². The molecular weight excluding hydrogens is 486 g/mol. The molecule has 0 saturated carbocycles. The molecule has 186 valence electrons. The lowest BCUT2D eigenvalue weighted by Gasteiger charge is -2.08. The quantitative estimate of drug-likeness (QED) is 0.331. The van der Waals surface area contributed by atoms with Crippen molar-refractivity contribution in [3.63, 3.8) is 0 Å². The zero-order valence-corrected chi connectivity index (χ0v) is 20.6. The third-order valence-corrected chi connectivity index (χ3v) is 7.56. The van der Waals surface area contributed by atoms with E-state index in [4.69, 9.17) is 13.9 Å². The van der Waals surface area contributed by atoms with Crippen molar-refractivity contribution in [3.05, 3.63) is 81.7 Å². The van der Waals surface area contributed by atoms with Gasteiger partial charge in [0.1, 0.15) is 11.5 Å². The molecule has 11 heteroatoms. The van der Waals surface area contributed by atoms with Crippen LogP contribution in [0.2, 0.25) is 0 Å². The first kappa shape index (κ1) is 23.5. The van der Waals surface area contributed by atoms with E-state index in [0.29, 0.717) is 29.3 Å². The summed E-state index contributed by atoms with van der Waals surface area (Å²) in [7, 11) is -1.33. The fourth-order valence-electron chi connectivity index (χ4n) is 4.06. The Morgan fingerprint density at radius 1 is 0.917 bits per heavy atom. The number of hydrogen-bond acceptors (Lipinski definition) is 7. The van der Waals surface area contributed by atoms with Crippen LogP contribution in [-0.4, -0.2) is 35.2 Å². The minimum Gasteiger partial charge on any atom is -0.497 e. The summed E-state index contributed by atoms with van der Waals surface area (Å²) in [5.41, 5.74) is 0.539. The Balaban J connectivity index is 1.84. The number of oxazole rings is 1. The summed E-state index contributed by atoms with van der Waals surface area (Å²) in [5, 5.41) is 0. The molecule has 0 N–H and O–H groups in total. The van der Waals surface area contributed by atoms with Crippen LogP contribution in [0.1, 0.15) is 13.3 Å². The van der Waals surface area contributed by atoms with Crippen molar-refractivity contribution in [1.82, 2.24) is 13.1 Å². The van der Waals surface area contributed by atoms with Gasteiger partial charge in [0, 0.05) is 19.2 Å². The number of benzene rings is 3. The number of methoxy groups -OCH3 is 1. The van der Waals surface area contributed by atoms with Crippen molar-refractivity contribution < 1.29 is 22.3 Å². The molecule has 0 radical (unpaired) electrons. The lowest BCUT2D eigenvalue weighted by molar-refractivity contribution is 0.317. The summed E-state index contributed by atoms with van der Waals surface area (Å²) in [5.74, 6) is 0.406. The molecule has 3 aromatic carbocycles. The highest BCUT2D eigenvalue weighted by atomic mass is 32.2. The van der Waals surface area contributed by atoms with Crippen LogP contribution in [-0.2, 0) is 17.1 Å². The molecule has 0 unspecified atom stereocenters. The van der Waals surface area contributed by atoms with Gasteiger partial charge in [0.05, 0.1) is 40.8 Å². The van der Waals surface area contributed by atoms with Crippen LogP contribution in [0.3, 0.4) is 0 Å². The smallest absolute Gasteiger partial charge is 0.419 e. The van der Waals surface area contributed by atoms with Crippen LogP contribution < -0.4 is 20.9 Å². The molecule has 0 amide bonds. The molecule has 2 heterocycles. The predicted octanol–water partition coefficient (Wildman–Crippen LogP) is 3.27. The first-order chi connectivity index (χ1) is 17.3. The van der Waals surface area contributed by atoms with Crippen LogP contribution in [0.25, 0.3) is 27.8 Å². The first-order valence-corrected chi connectivity index (χ1v) is 12.6. The average molecular weight is 510 g/mol. The van der Waals surface area contributed by atoms with Crippen LogP contribution in [0.5, 0.6) is 11.5 Å². The lowest BCUT2D eigenvalue weighted by Crippen LogP contribution is -2.29. The fourth-order valence-corrected chi connectivity index (χ4v) is 5.44. The van der Waals surface area contributed by atoms with Gasteiger partial charge in [-0.15, -0.1) is 0 Å². The molecule has 0 aliphatic heterocycles. The minimum atomic E-state index is -4.33. The Bertz CT molecular complexity index is 1820. The summed E-state index contributed by atoms with van der Waals surface area (Å²) < 4.78 is 46.8. The first-order valence-electron chi connectivity index (χ1n) is 11.2. The van der Waals surface area contributed by atoms with Crippen molar-refractivity contribution in [2.24, 2.45) is 7.05 Å². The van der Waals surface area contributed by atoms with E-state index in [0.717, 1.165) is 10.4 Å². The lowest BCUT2D eigenvalue weighted by atomic mass is 10.2. The predicted molar refractivity (Wildman–Crippen MR) is 134 cm³/mol.